The molecule has 1 rings (SSSR count). The Hall–Kier alpha value is -1.56. The molecule has 0 N–H and O–H groups in total. The molecule has 0 bridgehead atoms. The lowest BCUT2D eigenvalue weighted by molar-refractivity contribution is -0.140. The first-order valence-corrected chi connectivity index (χ1v) is 6.69. The molecule has 5 nitrogen and oxygen atoms in total. The van der Waals surface area contributed by atoms with Crippen LogP contribution in [0.3, 0.4) is 0 Å². The number of para-hydroxylation sites is 1. The number of sulfonamides is 1. The van der Waals surface area contributed by atoms with Crippen LogP contribution in [0.25, 0.3) is 0 Å². The Morgan fingerprint density at radius 1 is 1.29 bits per heavy atom. The highest BCUT2D eigenvalue weighted by Crippen LogP contribution is 2.15. The zero-order valence-corrected chi connectivity index (χ0v) is 10.6. The summed E-state index contributed by atoms with van der Waals surface area (Å²) < 4.78 is 29.5. The van der Waals surface area contributed by atoms with E-state index in [-0.39, 0.29) is 12.4 Å². The highest BCUT2D eigenvalue weighted by molar-refractivity contribution is 7.92. The minimum absolute atomic E-state index is 0.130. The number of carbonyl (C=O) groups excluding carboxylic acids is 1. The van der Waals surface area contributed by atoms with Crippen LogP contribution in [-0.4, -0.2) is 33.8 Å². The molecule has 1 aromatic rings. The fraction of sp³-hybridized carbons (Fsp3) is 0.364. The van der Waals surface area contributed by atoms with Crippen LogP contribution in [0.2, 0.25) is 0 Å². The predicted molar refractivity (Wildman–Crippen MR) is 65.3 cm³/mol. The Bertz CT molecular complexity index is 470. The first-order valence-electron chi connectivity index (χ1n) is 5.08. The Kier molecular flexibility index (Phi) is 4.51. The van der Waals surface area contributed by atoms with Crippen molar-refractivity contribution in [2.45, 2.75) is 6.92 Å². The third-order valence-electron chi connectivity index (χ3n) is 2.18. The summed E-state index contributed by atoms with van der Waals surface area (Å²) in [5, 5.41) is 0. The zero-order valence-electron chi connectivity index (χ0n) is 9.79. The number of anilines is 1. The van der Waals surface area contributed by atoms with Crippen LogP contribution in [0.15, 0.2) is 30.3 Å². The van der Waals surface area contributed by atoms with Gasteiger partial charge in [-0.15, -0.1) is 0 Å². The number of rotatable bonds is 5. The summed E-state index contributed by atoms with van der Waals surface area (Å²) >= 11 is 0. The van der Waals surface area contributed by atoms with E-state index < -0.39 is 16.0 Å². The summed E-state index contributed by atoms with van der Waals surface area (Å²) in [5.74, 6) is -0.708. The van der Waals surface area contributed by atoms with Gasteiger partial charge >= 0.3 is 5.97 Å². The average molecular weight is 257 g/mol. The van der Waals surface area contributed by atoms with E-state index in [1.807, 2.05) is 6.07 Å². The number of hydrogen-bond acceptors (Lipinski definition) is 4. The molecule has 0 aliphatic rings. The number of nitrogens with zero attached hydrogens (tertiary/aromatic N) is 1. The molecule has 0 saturated carbocycles. The number of carbonyl (C=O) groups is 1. The van der Waals surface area contributed by atoms with Gasteiger partial charge in [-0.1, -0.05) is 18.2 Å². The van der Waals surface area contributed by atoms with Crippen molar-refractivity contribution in [3.8, 4) is 0 Å². The quantitative estimate of drug-likeness (QED) is 0.739. The maximum atomic E-state index is 11.8. The first kappa shape index (κ1) is 13.5. The molecule has 0 amide bonds. The summed E-state index contributed by atoms with van der Waals surface area (Å²) in [6, 6.07) is 8.72. The van der Waals surface area contributed by atoms with Gasteiger partial charge in [-0.05, 0) is 12.1 Å². The van der Waals surface area contributed by atoms with Gasteiger partial charge in [-0.2, -0.15) is 0 Å². The molecule has 0 unspecified atom stereocenters. The summed E-state index contributed by atoms with van der Waals surface area (Å²) in [4.78, 5) is 10.5. The van der Waals surface area contributed by atoms with Gasteiger partial charge in [-0.25, -0.2) is 8.42 Å². The molecule has 0 aromatic heterocycles. The van der Waals surface area contributed by atoms with Crippen molar-refractivity contribution >= 4 is 21.7 Å². The second-order valence-electron chi connectivity index (χ2n) is 3.46. The molecular formula is C11H15NO4S. The molecule has 0 heterocycles. The summed E-state index contributed by atoms with van der Waals surface area (Å²) in [5.41, 5.74) is 0.579. The van der Waals surface area contributed by atoms with Crippen molar-refractivity contribution < 1.29 is 17.9 Å². The molecule has 0 aliphatic heterocycles. The highest BCUT2D eigenvalue weighted by Gasteiger charge is 2.18. The Morgan fingerprint density at radius 2 is 1.88 bits per heavy atom. The fourth-order valence-electron chi connectivity index (χ4n) is 1.23. The molecule has 0 spiro atoms. The molecule has 1 aromatic carbocycles. The molecular weight excluding hydrogens is 242 g/mol. The molecule has 6 heteroatoms. The van der Waals surface area contributed by atoms with Crippen molar-refractivity contribution in [2.75, 3.05) is 23.7 Å². The number of hydrogen-bond donors (Lipinski definition) is 0. The van der Waals surface area contributed by atoms with Crippen LogP contribution in [0.5, 0.6) is 0 Å². The summed E-state index contributed by atoms with van der Waals surface area (Å²) in [7, 11) is -1.98. The molecule has 17 heavy (non-hydrogen) atoms. The molecule has 0 fully saturated rings. The van der Waals surface area contributed by atoms with Gasteiger partial charge in [0, 0.05) is 14.0 Å². The minimum atomic E-state index is -3.45. The molecule has 0 saturated heterocycles. The third kappa shape index (κ3) is 4.07. The van der Waals surface area contributed by atoms with Gasteiger partial charge in [0.05, 0.1) is 5.69 Å². The number of ether oxygens (including phenoxy) is 1. The van der Waals surface area contributed by atoms with Crippen molar-refractivity contribution in [3.63, 3.8) is 0 Å². The van der Waals surface area contributed by atoms with E-state index in [0.717, 1.165) is 0 Å². The molecule has 0 atom stereocenters. The Labute approximate surface area is 101 Å². The van der Waals surface area contributed by atoms with E-state index in [1.165, 1.54) is 18.3 Å². The fourth-order valence-corrected chi connectivity index (χ4v) is 2.24. The van der Waals surface area contributed by atoms with Crippen LogP contribution in [0.4, 0.5) is 5.69 Å². The van der Waals surface area contributed by atoms with E-state index in [1.54, 1.807) is 24.3 Å². The zero-order chi connectivity index (χ0) is 12.9. The van der Waals surface area contributed by atoms with E-state index in [9.17, 15) is 13.2 Å². The summed E-state index contributed by atoms with van der Waals surface area (Å²) in [6.45, 7) is 1.11. The van der Waals surface area contributed by atoms with Gasteiger partial charge < -0.3 is 4.74 Å². The van der Waals surface area contributed by atoms with Crippen LogP contribution < -0.4 is 4.31 Å². The number of benzene rings is 1. The molecule has 0 radical (unpaired) electrons. The minimum Gasteiger partial charge on any atom is -0.465 e. The average Bonchev–Trinajstić information content (AvgIpc) is 2.28. The van der Waals surface area contributed by atoms with E-state index in [2.05, 4.69) is 4.74 Å². The van der Waals surface area contributed by atoms with E-state index in [4.69, 9.17) is 0 Å². The van der Waals surface area contributed by atoms with Gasteiger partial charge in [-0.3, -0.25) is 9.10 Å². The maximum Gasteiger partial charge on any atom is 0.302 e. The lowest BCUT2D eigenvalue weighted by Crippen LogP contribution is -2.31. The Morgan fingerprint density at radius 3 is 2.41 bits per heavy atom. The van der Waals surface area contributed by atoms with Gasteiger partial charge in [0.2, 0.25) is 10.0 Å². The van der Waals surface area contributed by atoms with Crippen molar-refractivity contribution in [1.29, 1.82) is 0 Å². The SMILES string of the molecule is CC(=O)OCCS(=O)(=O)N(C)c1ccccc1. The highest BCUT2D eigenvalue weighted by atomic mass is 32.2. The van der Waals surface area contributed by atoms with Crippen molar-refractivity contribution in [2.24, 2.45) is 0 Å². The second-order valence-corrected chi connectivity index (χ2v) is 5.58. The predicted octanol–water partition coefficient (Wildman–Crippen LogP) is 1.02. The Balaban J connectivity index is 2.68. The normalized spacial score (nSPS) is 10.9. The first-order chi connectivity index (χ1) is 7.93. The third-order valence-corrected chi connectivity index (χ3v) is 3.91. The van der Waals surface area contributed by atoms with Crippen LogP contribution >= 0.6 is 0 Å². The van der Waals surface area contributed by atoms with E-state index in [0.29, 0.717) is 5.69 Å². The molecule has 0 aliphatic carbocycles. The van der Waals surface area contributed by atoms with Crippen LogP contribution in [-0.2, 0) is 19.6 Å². The van der Waals surface area contributed by atoms with Gasteiger partial charge in [0.1, 0.15) is 12.4 Å². The number of esters is 1. The summed E-state index contributed by atoms with van der Waals surface area (Å²) in [6.07, 6.45) is 0. The second kappa shape index (κ2) is 5.67. The smallest absolute Gasteiger partial charge is 0.302 e. The standard InChI is InChI=1S/C11H15NO4S/c1-10(13)16-8-9-17(14,15)12(2)11-6-4-3-5-7-11/h3-7H,8-9H2,1-2H3. The topological polar surface area (TPSA) is 63.7 Å². The molecule has 94 valence electrons. The monoisotopic (exact) mass is 257 g/mol. The largest absolute Gasteiger partial charge is 0.465 e. The lowest BCUT2D eigenvalue weighted by Gasteiger charge is -2.19. The lowest BCUT2D eigenvalue weighted by atomic mass is 10.3. The van der Waals surface area contributed by atoms with Crippen LogP contribution in [0.1, 0.15) is 6.92 Å². The van der Waals surface area contributed by atoms with E-state index >= 15 is 0 Å². The van der Waals surface area contributed by atoms with Crippen molar-refractivity contribution in [1.82, 2.24) is 0 Å². The van der Waals surface area contributed by atoms with Gasteiger partial charge in [0.25, 0.3) is 0 Å². The van der Waals surface area contributed by atoms with Crippen LogP contribution in [0, 0.1) is 0 Å². The van der Waals surface area contributed by atoms with Gasteiger partial charge in [0.15, 0.2) is 0 Å². The maximum absolute atomic E-state index is 11.8. The van der Waals surface area contributed by atoms with Crippen molar-refractivity contribution in [3.05, 3.63) is 30.3 Å².